The van der Waals surface area contributed by atoms with E-state index in [1.807, 2.05) is 0 Å². The van der Waals surface area contributed by atoms with Gasteiger partial charge in [-0.25, -0.2) is 4.79 Å². The van der Waals surface area contributed by atoms with Gasteiger partial charge in [0, 0.05) is 18.9 Å². The number of carboxylic acids is 1. The highest BCUT2D eigenvalue weighted by Crippen LogP contribution is 2.75. The highest BCUT2D eigenvalue weighted by atomic mass is 16.4. The molecule has 0 unspecified atom stereocenters. The normalized spacial score (nSPS) is 51.0. The number of rotatable bonds is 1. The first kappa shape index (κ1) is 11.1. The summed E-state index contributed by atoms with van der Waals surface area (Å²) in [6.45, 7) is 6.37. The Balaban J connectivity index is 2.21. The van der Waals surface area contributed by atoms with Gasteiger partial charge >= 0.3 is 5.97 Å². The molecular weight excluding hydrogens is 218 g/mol. The third kappa shape index (κ3) is 0.829. The lowest BCUT2D eigenvalue weighted by molar-refractivity contribution is -0.163. The highest BCUT2D eigenvalue weighted by molar-refractivity contribution is 5.89. The molecule has 4 bridgehead atoms. The Morgan fingerprint density at radius 2 is 2.00 bits per heavy atom. The maximum absolute atomic E-state index is 11.8. The van der Waals surface area contributed by atoms with Crippen molar-refractivity contribution in [3.8, 4) is 0 Å². The van der Waals surface area contributed by atoms with Crippen LogP contribution in [0.15, 0.2) is 0 Å². The quantitative estimate of drug-likeness (QED) is 0.752. The van der Waals surface area contributed by atoms with Gasteiger partial charge in [-0.2, -0.15) is 0 Å². The fourth-order valence-electron chi connectivity index (χ4n) is 5.10. The number of amides is 1. The van der Waals surface area contributed by atoms with Crippen LogP contribution in [-0.4, -0.2) is 34.0 Å². The minimum Gasteiger partial charge on any atom is -0.479 e. The molecule has 2 aliphatic carbocycles. The van der Waals surface area contributed by atoms with Crippen molar-refractivity contribution in [2.45, 2.75) is 45.6 Å². The van der Waals surface area contributed by atoms with Crippen molar-refractivity contribution in [3.63, 3.8) is 0 Å². The molecule has 4 atom stereocenters. The molecule has 1 N–H and O–H groups in total. The topological polar surface area (TPSA) is 57.6 Å². The molecule has 3 fully saturated rings. The molecule has 17 heavy (non-hydrogen) atoms. The van der Waals surface area contributed by atoms with Gasteiger partial charge in [-0.05, 0) is 30.6 Å². The molecule has 4 heteroatoms. The molecule has 0 radical (unpaired) electrons. The molecule has 0 aromatic rings. The maximum Gasteiger partial charge on any atom is 0.330 e. The Morgan fingerprint density at radius 1 is 1.35 bits per heavy atom. The van der Waals surface area contributed by atoms with Crippen molar-refractivity contribution in [2.24, 2.45) is 16.7 Å². The van der Waals surface area contributed by atoms with Crippen molar-refractivity contribution in [1.82, 2.24) is 4.90 Å². The van der Waals surface area contributed by atoms with Gasteiger partial charge in [0.05, 0.1) is 0 Å². The first-order chi connectivity index (χ1) is 7.79. The first-order valence-corrected chi connectivity index (χ1v) is 6.31. The van der Waals surface area contributed by atoms with Crippen molar-refractivity contribution < 1.29 is 14.7 Å². The van der Waals surface area contributed by atoms with Gasteiger partial charge in [0.1, 0.15) is 5.54 Å². The molecule has 0 aromatic carbocycles. The van der Waals surface area contributed by atoms with E-state index in [2.05, 4.69) is 13.8 Å². The standard InChI is InChI=1S/C13H19NO3/c1-8(15)14-7-11(2)9-4-5-12(11,3)13(14,6-9)10(16)17/h9H,4-7H2,1-3H3,(H,16,17)/t9-,11-,12-,13-/m1/s1. The van der Waals surface area contributed by atoms with E-state index < -0.39 is 11.5 Å². The van der Waals surface area contributed by atoms with Crippen LogP contribution in [0, 0.1) is 16.7 Å². The maximum atomic E-state index is 11.8. The number of nitrogens with zero attached hydrogens (tertiary/aromatic N) is 1. The number of hydrogen-bond acceptors (Lipinski definition) is 2. The Bertz CT molecular complexity index is 434. The third-order valence-corrected chi connectivity index (χ3v) is 6.29. The zero-order chi connectivity index (χ0) is 12.6. The molecule has 0 aromatic heterocycles. The molecule has 94 valence electrons. The van der Waals surface area contributed by atoms with Gasteiger partial charge in [0.2, 0.25) is 5.91 Å². The number of piperidine rings is 1. The van der Waals surface area contributed by atoms with Crippen LogP contribution in [0.5, 0.6) is 0 Å². The largest absolute Gasteiger partial charge is 0.479 e. The number of hydrogen-bond donors (Lipinski definition) is 1. The third-order valence-electron chi connectivity index (χ3n) is 6.29. The Hall–Kier alpha value is -1.06. The van der Waals surface area contributed by atoms with E-state index in [1.54, 1.807) is 4.90 Å². The Labute approximate surface area is 101 Å². The van der Waals surface area contributed by atoms with E-state index in [0.717, 1.165) is 12.8 Å². The molecule has 3 aliphatic rings. The number of likely N-dealkylation sites (tertiary alicyclic amines) is 1. The molecule has 1 amide bonds. The molecule has 1 saturated heterocycles. The van der Waals surface area contributed by atoms with Crippen LogP contribution in [0.2, 0.25) is 0 Å². The van der Waals surface area contributed by atoms with E-state index in [4.69, 9.17) is 0 Å². The molecule has 4 nitrogen and oxygen atoms in total. The Kier molecular flexibility index (Phi) is 1.74. The average molecular weight is 237 g/mol. The van der Waals surface area contributed by atoms with Gasteiger partial charge in [-0.15, -0.1) is 0 Å². The van der Waals surface area contributed by atoms with Gasteiger partial charge in [-0.3, -0.25) is 4.79 Å². The monoisotopic (exact) mass is 237 g/mol. The molecular formula is C13H19NO3. The van der Waals surface area contributed by atoms with Crippen molar-refractivity contribution in [3.05, 3.63) is 0 Å². The SMILES string of the molecule is CC(=O)N1C[C@]2(C)[C@@H]3CC[C@@]2(C)[C@]1(C(=O)O)C3. The second kappa shape index (κ2) is 2.68. The summed E-state index contributed by atoms with van der Waals surface area (Å²) in [6.07, 6.45) is 2.70. The summed E-state index contributed by atoms with van der Waals surface area (Å²) in [6, 6.07) is 0. The zero-order valence-electron chi connectivity index (χ0n) is 10.6. The predicted molar refractivity (Wildman–Crippen MR) is 61.3 cm³/mol. The van der Waals surface area contributed by atoms with Crippen LogP contribution in [-0.2, 0) is 9.59 Å². The smallest absolute Gasteiger partial charge is 0.330 e. The van der Waals surface area contributed by atoms with E-state index in [0.29, 0.717) is 18.9 Å². The molecule has 1 heterocycles. The summed E-state index contributed by atoms with van der Waals surface area (Å²) in [5, 5.41) is 9.72. The van der Waals surface area contributed by atoms with E-state index in [9.17, 15) is 14.7 Å². The number of carbonyl (C=O) groups is 2. The minimum absolute atomic E-state index is 0.00292. The minimum atomic E-state index is -0.934. The van der Waals surface area contributed by atoms with E-state index >= 15 is 0 Å². The second-order valence-corrected chi connectivity index (χ2v) is 6.46. The van der Waals surface area contributed by atoms with Crippen molar-refractivity contribution in [1.29, 1.82) is 0 Å². The van der Waals surface area contributed by atoms with Crippen LogP contribution in [0.3, 0.4) is 0 Å². The molecule has 0 spiro atoms. The van der Waals surface area contributed by atoms with E-state index in [-0.39, 0.29) is 16.7 Å². The number of carbonyl (C=O) groups excluding carboxylic acids is 1. The lowest BCUT2D eigenvalue weighted by Crippen LogP contribution is -2.60. The van der Waals surface area contributed by atoms with Gasteiger partial charge in [-0.1, -0.05) is 13.8 Å². The summed E-state index contributed by atoms with van der Waals surface area (Å²) in [5.41, 5.74) is -1.18. The first-order valence-electron chi connectivity index (χ1n) is 6.31. The van der Waals surface area contributed by atoms with Crippen molar-refractivity contribution in [2.75, 3.05) is 6.54 Å². The predicted octanol–water partition coefficient (Wildman–Crippen LogP) is 1.50. The number of aliphatic carboxylic acids is 1. The summed E-state index contributed by atoms with van der Waals surface area (Å²) in [5.74, 6) is -0.428. The number of carboxylic acid groups (broad SMARTS) is 1. The van der Waals surface area contributed by atoms with E-state index in [1.165, 1.54) is 6.92 Å². The lowest BCUT2D eigenvalue weighted by Gasteiger charge is -2.44. The fourth-order valence-corrected chi connectivity index (χ4v) is 5.10. The molecule has 1 aliphatic heterocycles. The molecule has 3 rings (SSSR count). The van der Waals surface area contributed by atoms with Crippen LogP contribution in [0.4, 0.5) is 0 Å². The van der Waals surface area contributed by atoms with Gasteiger partial charge in [0.15, 0.2) is 0 Å². The van der Waals surface area contributed by atoms with Crippen LogP contribution < -0.4 is 0 Å². The fraction of sp³-hybridized carbons (Fsp3) is 0.846. The summed E-state index contributed by atoms with van der Waals surface area (Å²) >= 11 is 0. The van der Waals surface area contributed by atoms with Crippen LogP contribution in [0.25, 0.3) is 0 Å². The van der Waals surface area contributed by atoms with Crippen LogP contribution >= 0.6 is 0 Å². The van der Waals surface area contributed by atoms with Crippen molar-refractivity contribution >= 4 is 11.9 Å². The summed E-state index contributed by atoms with van der Waals surface area (Å²) in [7, 11) is 0. The summed E-state index contributed by atoms with van der Waals surface area (Å²) < 4.78 is 0. The second-order valence-electron chi connectivity index (χ2n) is 6.46. The zero-order valence-corrected chi connectivity index (χ0v) is 10.6. The van der Waals surface area contributed by atoms with Gasteiger partial charge in [0.25, 0.3) is 0 Å². The Morgan fingerprint density at radius 3 is 2.47 bits per heavy atom. The summed E-state index contributed by atoms with van der Waals surface area (Å²) in [4.78, 5) is 25.2. The molecule has 2 saturated carbocycles. The van der Waals surface area contributed by atoms with Gasteiger partial charge < -0.3 is 10.0 Å². The average Bonchev–Trinajstić information content (AvgIpc) is 2.68. The van der Waals surface area contributed by atoms with Crippen LogP contribution in [0.1, 0.15) is 40.0 Å². The lowest BCUT2D eigenvalue weighted by atomic mass is 9.65. The highest BCUT2D eigenvalue weighted by Gasteiger charge is 2.80.